The van der Waals surface area contributed by atoms with Crippen LogP contribution in [0.1, 0.15) is 49.8 Å². The minimum absolute atomic E-state index is 0.466. The summed E-state index contributed by atoms with van der Waals surface area (Å²) < 4.78 is 2.07. The van der Waals surface area contributed by atoms with Crippen molar-refractivity contribution in [1.82, 2.24) is 9.78 Å². The molecular formula is C16H25N3. The van der Waals surface area contributed by atoms with E-state index in [4.69, 9.17) is 5.73 Å². The van der Waals surface area contributed by atoms with Crippen molar-refractivity contribution in [3.8, 4) is 0 Å². The Hall–Kier alpha value is -0.830. The first-order valence-electron chi connectivity index (χ1n) is 7.91. The van der Waals surface area contributed by atoms with Crippen molar-refractivity contribution in [2.75, 3.05) is 6.54 Å². The lowest BCUT2D eigenvalue weighted by Crippen LogP contribution is -2.48. The maximum absolute atomic E-state index is 5.81. The van der Waals surface area contributed by atoms with Crippen LogP contribution < -0.4 is 5.73 Å². The molecule has 4 aliphatic rings. The molecule has 4 bridgehead atoms. The summed E-state index contributed by atoms with van der Waals surface area (Å²) in [6, 6.07) is 0. The van der Waals surface area contributed by atoms with Gasteiger partial charge in [-0.3, -0.25) is 4.68 Å². The molecule has 19 heavy (non-hydrogen) atoms. The van der Waals surface area contributed by atoms with Gasteiger partial charge in [-0.05, 0) is 73.8 Å². The second kappa shape index (κ2) is 4.08. The number of aromatic nitrogens is 2. The maximum atomic E-state index is 5.81. The highest BCUT2D eigenvalue weighted by Crippen LogP contribution is 2.61. The van der Waals surface area contributed by atoms with Gasteiger partial charge in [0.05, 0.1) is 6.20 Å². The van der Waals surface area contributed by atoms with Gasteiger partial charge in [-0.1, -0.05) is 0 Å². The molecule has 4 saturated carbocycles. The molecule has 0 aliphatic heterocycles. The molecule has 2 N–H and O–H groups in total. The lowest BCUT2D eigenvalue weighted by molar-refractivity contribution is -0.00561. The molecule has 0 spiro atoms. The molecule has 0 saturated heterocycles. The molecule has 0 unspecified atom stereocenters. The number of hydrogen-bond acceptors (Lipinski definition) is 2. The largest absolute Gasteiger partial charge is 0.330 e. The molecule has 104 valence electrons. The zero-order valence-electron chi connectivity index (χ0n) is 11.9. The third-order valence-corrected chi connectivity index (χ3v) is 6.05. The fourth-order valence-corrected chi connectivity index (χ4v) is 5.78. The van der Waals surface area contributed by atoms with Gasteiger partial charge in [0.2, 0.25) is 0 Å². The van der Waals surface area contributed by atoms with Crippen molar-refractivity contribution in [1.29, 1.82) is 0 Å². The van der Waals surface area contributed by atoms with Crippen LogP contribution >= 0.6 is 0 Å². The average molecular weight is 259 g/mol. The van der Waals surface area contributed by atoms with Crippen molar-refractivity contribution in [2.24, 2.45) is 30.5 Å². The van der Waals surface area contributed by atoms with Crippen LogP contribution in [0.2, 0.25) is 0 Å². The summed E-state index contributed by atoms with van der Waals surface area (Å²) in [5, 5.41) is 4.55. The minimum atomic E-state index is 0.466. The van der Waals surface area contributed by atoms with Gasteiger partial charge in [-0.15, -0.1) is 0 Å². The molecule has 5 rings (SSSR count). The van der Waals surface area contributed by atoms with Crippen molar-refractivity contribution < 1.29 is 0 Å². The van der Waals surface area contributed by atoms with E-state index in [1.165, 1.54) is 44.2 Å². The Labute approximate surface area is 115 Å². The molecule has 3 nitrogen and oxygen atoms in total. The van der Waals surface area contributed by atoms with Crippen LogP contribution in [0.25, 0.3) is 0 Å². The van der Waals surface area contributed by atoms with Gasteiger partial charge in [-0.2, -0.15) is 5.10 Å². The van der Waals surface area contributed by atoms with Crippen molar-refractivity contribution in [2.45, 2.75) is 50.4 Å². The van der Waals surface area contributed by atoms with E-state index in [1.807, 2.05) is 0 Å². The van der Waals surface area contributed by atoms with Gasteiger partial charge < -0.3 is 5.73 Å². The molecule has 0 amide bonds. The second-order valence-corrected chi connectivity index (χ2v) is 7.37. The molecule has 1 aromatic heterocycles. The summed E-state index contributed by atoms with van der Waals surface area (Å²) in [5.74, 6) is 2.99. The fourth-order valence-electron chi connectivity index (χ4n) is 5.78. The second-order valence-electron chi connectivity index (χ2n) is 7.37. The molecule has 1 aromatic rings. The van der Waals surface area contributed by atoms with Gasteiger partial charge >= 0.3 is 0 Å². The Kier molecular flexibility index (Phi) is 2.57. The molecule has 4 fully saturated rings. The third-order valence-electron chi connectivity index (χ3n) is 6.05. The van der Waals surface area contributed by atoms with Crippen molar-refractivity contribution in [3.63, 3.8) is 0 Å². The minimum Gasteiger partial charge on any atom is -0.330 e. The van der Waals surface area contributed by atoms with Gasteiger partial charge in [0, 0.05) is 19.2 Å². The van der Waals surface area contributed by atoms with Crippen LogP contribution in [0.4, 0.5) is 0 Å². The summed E-state index contributed by atoms with van der Waals surface area (Å²) >= 11 is 0. The van der Waals surface area contributed by atoms with Gasteiger partial charge in [0.1, 0.15) is 0 Å². The smallest absolute Gasteiger partial charge is 0.0530 e. The summed E-state index contributed by atoms with van der Waals surface area (Å²) in [6.45, 7) is 0.735. The van der Waals surface area contributed by atoms with Crippen LogP contribution in [-0.4, -0.2) is 16.3 Å². The van der Waals surface area contributed by atoms with Crippen LogP contribution in [-0.2, 0) is 18.9 Å². The van der Waals surface area contributed by atoms with E-state index >= 15 is 0 Å². The van der Waals surface area contributed by atoms with Crippen molar-refractivity contribution >= 4 is 0 Å². The quantitative estimate of drug-likeness (QED) is 0.906. The van der Waals surface area contributed by atoms with Crippen LogP contribution in [0, 0.1) is 17.8 Å². The Morgan fingerprint density at radius 1 is 1.21 bits per heavy atom. The monoisotopic (exact) mass is 259 g/mol. The zero-order chi connectivity index (χ0) is 13.0. The predicted octanol–water partition coefficient (Wildman–Crippen LogP) is 2.39. The highest BCUT2D eigenvalue weighted by molar-refractivity contribution is 5.32. The predicted molar refractivity (Wildman–Crippen MR) is 75.8 cm³/mol. The fraction of sp³-hybridized carbons (Fsp3) is 0.812. The van der Waals surface area contributed by atoms with Crippen LogP contribution in [0.3, 0.4) is 0 Å². The van der Waals surface area contributed by atoms with Crippen molar-refractivity contribution in [3.05, 3.63) is 17.5 Å². The van der Waals surface area contributed by atoms with Gasteiger partial charge in [-0.25, -0.2) is 0 Å². The number of rotatable bonds is 3. The topological polar surface area (TPSA) is 43.8 Å². The third kappa shape index (κ3) is 1.70. The first-order valence-corrected chi connectivity index (χ1v) is 7.91. The first kappa shape index (κ1) is 12.0. The molecule has 1 heterocycles. The highest BCUT2D eigenvalue weighted by Gasteiger charge is 2.52. The van der Waals surface area contributed by atoms with E-state index in [9.17, 15) is 0 Å². The van der Waals surface area contributed by atoms with E-state index in [0.29, 0.717) is 5.41 Å². The molecule has 0 radical (unpaired) electrons. The number of nitrogens with zero attached hydrogens (tertiary/aromatic N) is 2. The van der Waals surface area contributed by atoms with E-state index in [-0.39, 0.29) is 0 Å². The lowest BCUT2D eigenvalue weighted by Gasteiger charge is -2.57. The highest BCUT2D eigenvalue weighted by atomic mass is 15.3. The number of nitrogens with two attached hydrogens (primary N) is 1. The van der Waals surface area contributed by atoms with Gasteiger partial charge in [0.25, 0.3) is 0 Å². The summed E-state index contributed by atoms with van der Waals surface area (Å²) in [5.41, 5.74) is 9.24. The lowest BCUT2D eigenvalue weighted by atomic mass is 9.48. The SMILES string of the molecule is Cn1ncc(C23CC4CC(CC(C4)C2)C3)c1CCN. The Morgan fingerprint density at radius 2 is 1.79 bits per heavy atom. The van der Waals surface area contributed by atoms with Gasteiger partial charge in [0.15, 0.2) is 0 Å². The van der Waals surface area contributed by atoms with Crippen LogP contribution in [0.15, 0.2) is 6.20 Å². The summed E-state index contributed by atoms with van der Waals surface area (Å²) in [7, 11) is 2.08. The Balaban J connectivity index is 1.75. The first-order chi connectivity index (χ1) is 9.20. The average Bonchev–Trinajstić information content (AvgIpc) is 2.70. The zero-order valence-corrected chi connectivity index (χ0v) is 11.9. The molecule has 0 atom stereocenters. The Bertz CT molecular complexity index is 453. The normalized spacial score (nSPS) is 40.0. The number of hydrogen-bond donors (Lipinski definition) is 1. The molecule has 0 aromatic carbocycles. The Morgan fingerprint density at radius 3 is 2.32 bits per heavy atom. The van der Waals surface area contributed by atoms with Crippen LogP contribution in [0.5, 0.6) is 0 Å². The van der Waals surface area contributed by atoms with E-state index < -0.39 is 0 Å². The van der Waals surface area contributed by atoms with E-state index in [2.05, 4.69) is 23.0 Å². The van der Waals surface area contributed by atoms with E-state index in [0.717, 1.165) is 30.7 Å². The summed E-state index contributed by atoms with van der Waals surface area (Å²) in [6.07, 6.45) is 11.9. The number of aryl methyl sites for hydroxylation is 1. The molecule has 3 heteroatoms. The standard InChI is InChI=1S/C16H25N3/c1-19-15(2-3-17)14(10-18-19)16-7-11-4-12(8-16)6-13(5-11)9-16/h10-13H,2-9,17H2,1H3. The maximum Gasteiger partial charge on any atom is 0.0530 e. The van der Waals surface area contributed by atoms with E-state index in [1.54, 1.807) is 5.56 Å². The summed E-state index contributed by atoms with van der Waals surface area (Å²) in [4.78, 5) is 0. The molecular weight excluding hydrogens is 234 g/mol. The molecule has 4 aliphatic carbocycles.